The summed E-state index contributed by atoms with van der Waals surface area (Å²) in [5.74, 6) is 2.46. The monoisotopic (exact) mass is 359 g/mol. The fourth-order valence-electron chi connectivity index (χ4n) is 4.28. The lowest BCUT2D eigenvalue weighted by atomic mass is 9.93. The largest absolute Gasteiger partial charge is 0.383 e. The molecule has 5 nitrogen and oxygen atoms in total. The Balaban J connectivity index is 1.46. The summed E-state index contributed by atoms with van der Waals surface area (Å²) in [6.45, 7) is 4.26. The third-order valence-electron chi connectivity index (χ3n) is 5.76. The zero-order chi connectivity index (χ0) is 17.2. The van der Waals surface area contributed by atoms with Gasteiger partial charge in [-0.15, -0.1) is 11.3 Å². The number of likely N-dealkylation sites (tertiary alicyclic amines) is 1. The summed E-state index contributed by atoms with van der Waals surface area (Å²) < 4.78 is 0. The van der Waals surface area contributed by atoms with Gasteiger partial charge < -0.3 is 11.1 Å². The van der Waals surface area contributed by atoms with E-state index in [0.717, 1.165) is 54.6 Å². The van der Waals surface area contributed by atoms with E-state index in [0.29, 0.717) is 5.82 Å². The number of hydrogen-bond donors (Lipinski definition) is 2. The smallest absolute Gasteiger partial charge is 0.146 e. The average molecular weight is 360 g/mol. The number of fused-ring (bicyclic) bond motifs is 3. The summed E-state index contributed by atoms with van der Waals surface area (Å²) in [6.07, 6.45) is 8.75. The second-order valence-electron chi connectivity index (χ2n) is 7.53. The molecule has 2 aromatic rings. The molecule has 0 spiro atoms. The Morgan fingerprint density at radius 1 is 1.20 bits per heavy atom. The third kappa shape index (κ3) is 3.66. The highest BCUT2D eigenvalue weighted by atomic mass is 32.1. The minimum Gasteiger partial charge on any atom is -0.383 e. The molecule has 136 valence electrons. The first-order valence-electron chi connectivity index (χ1n) is 9.68. The molecule has 0 atom stereocenters. The summed E-state index contributed by atoms with van der Waals surface area (Å²) in [7, 11) is 2.04. The quantitative estimate of drug-likeness (QED) is 0.859. The lowest BCUT2D eigenvalue weighted by molar-refractivity contribution is 0.169. The molecule has 4 rings (SSSR count). The van der Waals surface area contributed by atoms with Crippen LogP contribution in [0.3, 0.4) is 0 Å². The van der Waals surface area contributed by atoms with Crippen molar-refractivity contribution in [1.29, 1.82) is 0 Å². The van der Waals surface area contributed by atoms with Crippen LogP contribution >= 0.6 is 11.3 Å². The van der Waals surface area contributed by atoms with Crippen LogP contribution in [0.15, 0.2) is 0 Å². The highest BCUT2D eigenvalue weighted by molar-refractivity contribution is 7.19. The highest BCUT2D eigenvalue weighted by Crippen LogP contribution is 2.37. The van der Waals surface area contributed by atoms with Crippen LogP contribution in [0.2, 0.25) is 0 Å². The molecule has 1 aliphatic carbocycles. The second-order valence-corrected chi connectivity index (χ2v) is 8.61. The van der Waals surface area contributed by atoms with Crippen molar-refractivity contribution in [2.75, 3.05) is 32.4 Å². The maximum absolute atomic E-state index is 6.34. The summed E-state index contributed by atoms with van der Waals surface area (Å²) >= 11 is 1.84. The number of nitrogen functional groups attached to an aromatic ring is 1. The zero-order valence-electron chi connectivity index (χ0n) is 15.2. The van der Waals surface area contributed by atoms with Crippen LogP contribution in [0.5, 0.6) is 0 Å². The number of aryl methyl sites for hydroxylation is 2. The minimum absolute atomic E-state index is 0.698. The van der Waals surface area contributed by atoms with E-state index in [-0.39, 0.29) is 0 Å². The minimum atomic E-state index is 0.698. The predicted octanol–water partition coefficient (Wildman–Crippen LogP) is 2.97. The molecule has 2 aromatic heterocycles. The first-order chi connectivity index (χ1) is 12.2. The molecule has 1 saturated heterocycles. The summed E-state index contributed by atoms with van der Waals surface area (Å²) in [6, 6.07) is 0. The Kier molecular flexibility index (Phi) is 5.20. The van der Waals surface area contributed by atoms with E-state index in [4.69, 9.17) is 10.7 Å². The van der Waals surface area contributed by atoms with Gasteiger partial charge in [-0.05, 0) is 83.1 Å². The number of anilines is 1. The number of rotatable bonds is 5. The molecule has 1 fully saturated rings. The molecule has 2 aliphatic rings. The number of nitrogens with two attached hydrogens (primary N) is 1. The van der Waals surface area contributed by atoms with Gasteiger partial charge in [-0.1, -0.05) is 0 Å². The van der Waals surface area contributed by atoms with E-state index in [2.05, 4.69) is 15.2 Å². The lowest BCUT2D eigenvalue weighted by Gasteiger charge is -2.31. The van der Waals surface area contributed by atoms with Crippen LogP contribution in [-0.2, 0) is 19.4 Å². The van der Waals surface area contributed by atoms with Crippen LogP contribution in [0, 0.1) is 5.92 Å². The highest BCUT2D eigenvalue weighted by Gasteiger charge is 2.22. The number of piperidine rings is 1. The van der Waals surface area contributed by atoms with Crippen LogP contribution < -0.4 is 11.1 Å². The van der Waals surface area contributed by atoms with E-state index < -0.39 is 0 Å². The standard InChI is InChI=1S/C19H29N5S/c1-21-9-6-13-7-10-24(11-8-13)12-16-22-18(20)17-14-4-2-3-5-15(14)25-19(17)23-16/h13,21H,2-12H2,1H3,(H2,20,22,23). The van der Waals surface area contributed by atoms with E-state index in [1.807, 2.05) is 18.4 Å². The molecule has 3 heterocycles. The number of nitrogens with one attached hydrogen (secondary N) is 1. The molecule has 0 radical (unpaired) electrons. The van der Waals surface area contributed by atoms with Crippen molar-refractivity contribution < 1.29 is 0 Å². The topological polar surface area (TPSA) is 67.1 Å². The molecule has 0 saturated carbocycles. The zero-order valence-corrected chi connectivity index (χ0v) is 16.0. The number of aromatic nitrogens is 2. The molecular weight excluding hydrogens is 330 g/mol. The fourth-order valence-corrected chi connectivity index (χ4v) is 5.57. The summed E-state index contributed by atoms with van der Waals surface area (Å²) in [5.41, 5.74) is 7.77. The van der Waals surface area contributed by atoms with Gasteiger partial charge >= 0.3 is 0 Å². The van der Waals surface area contributed by atoms with Crippen molar-refractivity contribution in [1.82, 2.24) is 20.2 Å². The molecule has 6 heteroatoms. The molecular formula is C19H29N5S. The molecule has 0 bridgehead atoms. The van der Waals surface area contributed by atoms with Crippen LogP contribution in [0.1, 0.15) is 48.4 Å². The predicted molar refractivity (Wildman–Crippen MR) is 105 cm³/mol. The second kappa shape index (κ2) is 7.56. The van der Waals surface area contributed by atoms with Gasteiger partial charge in [0.1, 0.15) is 16.5 Å². The molecule has 0 amide bonds. The number of nitrogens with zero attached hydrogens (tertiary/aromatic N) is 3. The maximum Gasteiger partial charge on any atom is 0.146 e. The molecule has 0 aromatic carbocycles. The van der Waals surface area contributed by atoms with E-state index in [1.54, 1.807) is 0 Å². The van der Waals surface area contributed by atoms with Gasteiger partial charge in [0.2, 0.25) is 0 Å². The Labute approximate surface area is 154 Å². The van der Waals surface area contributed by atoms with Gasteiger partial charge in [-0.2, -0.15) is 0 Å². The summed E-state index contributed by atoms with van der Waals surface area (Å²) in [4.78, 5) is 14.6. The van der Waals surface area contributed by atoms with Crippen molar-refractivity contribution in [2.45, 2.75) is 51.5 Å². The van der Waals surface area contributed by atoms with E-state index in [9.17, 15) is 0 Å². The summed E-state index contributed by atoms with van der Waals surface area (Å²) in [5, 5.41) is 4.41. The first-order valence-corrected chi connectivity index (χ1v) is 10.5. The Hall–Kier alpha value is -1.24. The van der Waals surface area contributed by atoms with Crippen molar-refractivity contribution in [2.24, 2.45) is 5.92 Å². The molecule has 0 unspecified atom stereocenters. The van der Waals surface area contributed by atoms with Gasteiger partial charge in [0.05, 0.1) is 11.9 Å². The Morgan fingerprint density at radius 3 is 2.80 bits per heavy atom. The third-order valence-corrected chi connectivity index (χ3v) is 6.95. The first kappa shape index (κ1) is 17.2. The average Bonchev–Trinajstić information content (AvgIpc) is 3.00. The van der Waals surface area contributed by atoms with Gasteiger partial charge in [0.15, 0.2) is 0 Å². The molecule has 25 heavy (non-hydrogen) atoms. The van der Waals surface area contributed by atoms with Gasteiger partial charge in [-0.25, -0.2) is 9.97 Å². The van der Waals surface area contributed by atoms with Crippen LogP contribution in [0.25, 0.3) is 10.2 Å². The van der Waals surface area contributed by atoms with Crippen LogP contribution in [0.4, 0.5) is 5.82 Å². The van der Waals surface area contributed by atoms with Crippen molar-refractivity contribution in [3.8, 4) is 0 Å². The number of hydrogen-bond acceptors (Lipinski definition) is 6. The van der Waals surface area contributed by atoms with Gasteiger partial charge in [0.25, 0.3) is 0 Å². The normalized spacial score (nSPS) is 19.4. The van der Waals surface area contributed by atoms with Crippen LogP contribution in [-0.4, -0.2) is 41.5 Å². The van der Waals surface area contributed by atoms with Crippen molar-refractivity contribution >= 4 is 27.4 Å². The van der Waals surface area contributed by atoms with Crippen molar-refractivity contribution in [3.05, 3.63) is 16.3 Å². The van der Waals surface area contributed by atoms with Crippen molar-refractivity contribution in [3.63, 3.8) is 0 Å². The number of thiophene rings is 1. The fraction of sp³-hybridized carbons (Fsp3) is 0.684. The Morgan fingerprint density at radius 2 is 2.00 bits per heavy atom. The molecule has 1 aliphatic heterocycles. The van der Waals surface area contributed by atoms with E-state index >= 15 is 0 Å². The maximum atomic E-state index is 6.34. The SMILES string of the molecule is CNCCC1CCN(Cc2nc(N)c3c4c(sc3n2)CCCC4)CC1. The molecule has 3 N–H and O–H groups in total. The van der Waals surface area contributed by atoms with E-state index in [1.165, 1.54) is 49.0 Å². The van der Waals surface area contributed by atoms with Gasteiger partial charge in [-0.3, -0.25) is 4.90 Å². The Bertz CT molecular complexity index is 733. The van der Waals surface area contributed by atoms with Gasteiger partial charge in [0, 0.05) is 4.88 Å². The lowest BCUT2D eigenvalue weighted by Crippen LogP contribution is -2.34.